The van der Waals surface area contributed by atoms with Crippen molar-refractivity contribution in [3.63, 3.8) is 0 Å². The first kappa shape index (κ1) is 10.2. The largest absolute Gasteiger partial charge is 0.392 e. The van der Waals surface area contributed by atoms with Gasteiger partial charge in [0.1, 0.15) is 0 Å². The first-order chi connectivity index (χ1) is 6.22. The van der Waals surface area contributed by atoms with Crippen LogP contribution in [0.2, 0.25) is 0 Å². The minimum Gasteiger partial charge on any atom is -0.392 e. The van der Waals surface area contributed by atoms with Crippen LogP contribution in [0.5, 0.6) is 0 Å². The van der Waals surface area contributed by atoms with Gasteiger partial charge in [-0.25, -0.2) is 0 Å². The van der Waals surface area contributed by atoms with Crippen molar-refractivity contribution in [2.24, 2.45) is 0 Å². The molecule has 2 N–H and O–H groups in total. The monoisotopic (exact) mass is 183 g/mol. The summed E-state index contributed by atoms with van der Waals surface area (Å²) in [6.07, 6.45) is 3.56. The van der Waals surface area contributed by atoms with Gasteiger partial charge in [-0.3, -0.25) is 4.68 Å². The van der Waals surface area contributed by atoms with Crippen molar-refractivity contribution >= 4 is 0 Å². The summed E-state index contributed by atoms with van der Waals surface area (Å²) in [6, 6.07) is 0. The lowest BCUT2D eigenvalue weighted by Gasteiger charge is -2.04. The SMILES string of the molecule is CCn1cc(CNC[C@@H](C)O)cn1. The smallest absolute Gasteiger partial charge is 0.0636 e. The standard InChI is InChI=1S/C9H17N3O/c1-3-12-7-9(6-11-12)5-10-4-8(2)13/h6-8,10,13H,3-5H2,1-2H3/t8-/m1/s1. The topological polar surface area (TPSA) is 50.1 Å². The zero-order chi connectivity index (χ0) is 9.68. The molecule has 0 aliphatic heterocycles. The molecule has 1 rings (SSSR count). The lowest BCUT2D eigenvalue weighted by atomic mass is 10.3. The van der Waals surface area contributed by atoms with Gasteiger partial charge in [-0.05, 0) is 13.8 Å². The van der Waals surface area contributed by atoms with Crippen LogP contribution >= 0.6 is 0 Å². The van der Waals surface area contributed by atoms with Gasteiger partial charge < -0.3 is 10.4 Å². The van der Waals surface area contributed by atoms with Gasteiger partial charge in [0.25, 0.3) is 0 Å². The van der Waals surface area contributed by atoms with Gasteiger partial charge in [-0.2, -0.15) is 5.10 Å². The Bertz CT molecular complexity index is 245. The van der Waals surface area contributed by atoms with Crippen LogP contribution in [0.25, 0.3) is 0 Å². The van der Waals surface area contributed by atoms with Crippen LogP contribution in [0.15, 0.2) is 12.4 Å². The maximum Gasteiger partial charge on any atom is 0.0636 e. The van der Waals surface area contributed by atoms with Crippen LogP contribution in [0.4, 0.5) is 0 Å². The number of aromatic nitrogens is 2. The van der Waals surface area contributed by atoms with Crippen molar-refractivity contribution in [1.29, 1.82) is 0 Å². The summed E-state index contributed by atoms with van der Waals surface area (Å²) in [5, 5.41) is 16.3. The fraction of sp³-hybridized carbons (Fsp3) is 0.667. The second-order valence-electron chi connectivity index (χ2n) is 3.18. The van der Waals surface area contributed by atoms with E-state index in [1.165, 1.54) is 0 Å². The number of nitrogens with one attached hydrogen (secondary N) is 1. The van der Waals surface area contributed by atoms with Crippen molar-refractivity contribution in [3.8, 4) is 0 Å². The molecule has 4 nitrogen and oxygen atoms in total. The molecule has 0 bridgehead atoms. The van der Waals surface area contributed by atoms with E-state index in [9.17, 15) is 0 Å². The molecule has 1 aromatic rings. The van der Waals surface area contributed by atoms with E-state index in [0.717, 1.165) is 18.7 Å². The number of nitrogens with zero attached hydrogens (tertiary/aromatic N) is 2. The third-order valence-corrected chi connectivity index (χ3v) is 1.78. The summed E-state index contributed by atoms with van der Waals surface area (Å²) in [5.41, 5.74) is 1.16. The Labute approximate surface area is 78.6 Å². The molecule has 4 heteroatoms. The highest BCUT2D eigenvalue weighted by Crippen LogP contribution is 1.96. The van der Waals surface area contributed by atoms with Gasteiger partial charge in [0, 0.05) is 31.4 Å². The summed E-state index contributed by atoms with van der Waals surface area (Å²) in [5.74, 6) is 0. The third-order valence-electron chi connectivity index (χ3n) is 1.78. The summed E-state index contributed by atoms with van der Waals surface area (Å²) in [4.78, 5) is 0. The highest BCUT2D eigenvalue weighted by molar-refractivity contribution is 5.03. The quantitative estimate of drug-likeness (QED) is 0.693. The first-order valence-electron chi connectivity index (χ1n) is 4.62. The molecule has 1 aromatic heterocycles. The number of aliphatic hydroxyl groups is 1. The molecule has 1 heterocycles. The zero-order valence-corrected chi connectivity index (χ0v) is 8.20. The molecule has 0 amide bonds. The van der Waals surface area contributed by atoms with Gasteiger partial charge in [0.05, 0.1) is 12.3 Å². The van der Waals surface area contributed by atoms with Gasteiger partial charge >= 0.3 is 0 Å². The van der Waals surface area contributed by atoms with Gasteiger partial charge in [0.2, 0.25) is 0 Å². The third kappa shape index (κ3) is 3.57. The Balaban J connectivity index is 2.28. The van der Waals surface area contributed by atoms with Crippen molar-refractivity contribution < 1.29 is 5.11 Å². The second-order valence-corrected chi connectivity index (χ2v) is 3.18. The van der Waals surface area contributed by atoms with Gasteiger partial charge in [-0.1, -0.05) is 0 Å². The molecule has 0 aliphatic rings. The predicted molar refractivity (Wildman–Crippen MR) is 51.3 cm³/mol. The number of hydrogen-bond donors (Lipinski definition) is 2. The van der Waals surface area contributed by atoms with E-state index >= 15 is 0 Å². The number of hydrogen-bond acceptors (Lipinski definition) is 3. The molecule has 1 atom stereocenters. The van der Waals surface area contributed by atoms with Gasteiger partial charge in [-0.15, -0.1) is 0 Å². The fourth-order valence-electron chi connectivity index (χ4n) is 1.10. The Hall–Kier alpha value is -0.870. The summed E-state index contributed by atoms with van der Waals surface area (Å²) in [6.45, 7) is 6.11. The maximum atomic E-state index is 9.00. The van der Waals surface area contributed by atoms with Crippen LogP contribution in [0.1, 0.15) is 19.4 Å². The molecule has 0 aromatic carbocycles. The Morgan fingerprint density at radius 3 is 3.00 bits per heavy atom. The molecule has 0 unspecified atom stereocenters. The molecule has 0 fully saturated rings. The summed E-state index contributed by atoms with van der Waals surface area (Å²) >= 11 is 0. The highest BCUT2D eigenvalue weighted by Gasteiger charge is 1.98. The molecule has 0 saturated heterocycles. The van der Waals surface area contributed by atoms with Crippen LogP contribution < -0.4 is 5.32 Å². The van der Waals surface area contributed by atoms with Gasteiger partial charge in [0.15, 0.2) is 0 Å². The summed E-state index contributed by atoms with van der Waals surface area (Å²) in [7, 11) is 0. The molecular formula is C9H17N3O. The van der Waals surface area contributed by atoms with Crippen LogP contribution in [-0.4, -0.2) is 27.5 Å². The highest BCUT2D eigenvalue weighted by atomic mass is 16.3. The van der Waals surface area contributed by atoms with E-state index in [4.69, 9.17) is 5.11 Å². The molecule has 13 heavy (non-hydrogen) atoms. The molecule has 0 radical (unpaired) electrons. The minimum absolute atomic E-state index is 0.291. The molecule has 0 saturated carbocycles. The average molecular weight is 183 g/mol. The molecular weight excluding hydrogens is 166 g/mol. The van der Waals surface area contributed by atoms with E-state index in [0.29, 0.717) is 6.54 Å². The Kier molecular flexibility index (Phi) is 3.92. The Morgan fingerprint density at radius 2 is 2.46 bits per heavy atom. The first-order valence-corrected chi connectivity index (χ1v) is 4.62. The van der Waals surface area contributed by atoms with Crippen LogP contribution in [-0.2, 0) is 13.1 Å². The summed E-state index contributed by atoms with van der Waals surface area (Å²) < 4.78 is 1.89. The minimum atomic E-state index is -0.291. The number of aliphatic hydroxyl groups excluding tert-OH is 1. The maximum absolute atomic E-state index is 9.00. The zero-order valence-electron chi connectivity index (χ0n) is 8.20. The average Bonchev–Trinajstić information content (AvgIpc) is 2.52. The Morgan fingerprint density at radius 1 is 1.69 bits per heavy atom. The normalized spacial score (nSPS) is 13.2. The lowest BCUT2D eigenvalue weighted by Crippen LogP contribution is -2.23. The second kappa shape index (κ2) is 4.99. The number of rotatable bonds is 5. The van der Waals surface area contributed by atoms with Crippen LogP contribution in [0, 0.1) is 0 Å². The number of aryl methyl sites for hydroxylation is 1. The van der Waals surface area contributed by atoms with Crippen molar-refractivity contribution in [1.82, 2.24) is 15.1 Å². The van der Waals surface area contributed by atoms with E-state index in [2.05, 4.69) is 17.3 Å². The van der Waals surface area contributed by atoms with E-state index in [-0.39, 0.29) is 6.10 Å². The van der Waals surface area contributed by atoms with E-state index in [1.807, 2.05) is 17.1 Å². The van der Waals surface area contributed by atoms with E-state index in [1.54, 1.807) is 6.92 Å². The molecule has 74 valence electrons. The predicted octanol–water partition coefficient (Wildman–Crippen LogP) is 0.373. The lowest BCUT2D eigenvalue weighted by molar-refractivity contribution is 0.191. The van der Waals surface area contributed by atoms with Crippen LogP contribution in [0.3, 0.4) is 0 Å². The molecule has 0 aliphatic carbocycles. The van der Waals surface area contributed by atoms with Crippen molar-refractivity contribution in [2.75, 3.05) is 6.54 Å². The van der Waals surface area contributed by atoms with E-state index < -0.39 is 0 Å². The van der Waals surface area contributed by atoms with Crippen molar-refractivity contribution in [2.45, 2.75) is 33.0 Å². The van der Waals surface area contributed by atoms with Crippen molar-refractivity contribution in [3.05, 3.63) is 18.0 Å². The fourth-order valence-corrected chi connectivity index (χ4v) is 1.10. The molecule has 0 spiro atoms.